The first-order valence-corrected chi connectivity index (χ1v) is 12.1. The Balaban J connectivity index is 1.72. The van der Waals surface area contributed by atoms with Gasteiger partial charge in [-0.2, -0.15) is 9.97 Å². The standard InChI is InChI=1S/C24H28N8OS/c1-5-25-21-28-22(26-6-2)32-23(29-21)30-31-24(32)34-19(17-10-8-7-9-11-17)20(33)27-18-14-15(3)12-13-16(18)4/h7-14,19H,5-6H2,1-4H3,(H,27,33)(H2,25,26,28,29,30)/t19-/m0/s1. The van der Waals surface area contributed by atoms with Crippen molar-refractivity contribution in [1.29, 1.82) is 0 Å². The number of fused-ring (bicyclic) bond motifs is 1. The largest absolute Gasteiger partial charge is 0.355 e. The summed E-state index contributed by atoms with van der Waals surface area (Å²) in [5, 5.41) is 18.0. The second kappa shape index (κ2) is 10.5. The zero-order valence-corrected chi connectivity index (χ0v) is 20.5. The van der Waals surface area contributed by atoms with E-state index in [9.17, 15) is 4.79 Å². The van der Waals surface area contributed by atoms with Crippen LogP contribution < -0.4 is 16.0 Å². The lowest BCUT2D eigenvalue weighted by molar-refractivity contribution is -0.115. The lowest BCUT2D eigenvalue weighted by Gasteiger charge is -2.18. The molecule has 9 nitrogen and oxygen atoms in total. The van der Waals surface area contributed by atoms with Crippen LogP contribution in [0.5, 0.6) is 0 Å². The summed E-state index contributed by atoms with van der Waals surface area (Å²) < 4.78 is 1.75. The van der Waals surface area contributed by atoms with Gasteiger partial charge in [-0.05, 0) is 50.5 Å². The van der Waals surface area contributed by atoms with E-state index in [1.165, 1.54) is 11.8 Å². The molecular weight excluding hydrogens is 448 g/mol. The van der Waals surface area contributed by atoms with Crippen molar-refractivity contribution < 1.29 is 4.79 Å². The number of benzene rings is 2. The smallest absolute Gasteiger partial charge is 0.261 e. The molecule has 0 aliphatic carbocycles. The van der Waals surface area contributed by atoms with Crippen molar-refractivity contribution in [3.63, 3.8) is 0 Å². The lowest BCUT2D eigenvalue weighted by Crippen LogP contribution is -2.20. The number of hydrogen-bond acceptors (Lipinski definition) is 8. The number of anilines is 3. The number of hydrogen-bond donors (Lipinski definition) is 3. The maximum Gasteiger partial charge on any atom is 0.261 e. The predicted octanol–water partition coefficient (Wildman–Crippen LogP) is 4.47. The Morgan fingerprint density at radius 1 is 1.00 bits per heavy atom. The molecule has 4 rings (SSSR count). The summed E-state index contributed by atoms with van der Waals surface area (Å²) in [6, 6.07) is 15.7. The highest BCUT2D eigenvalue weighted by Crippen LogP contribution is 2.36. The maximum absolute atomic E-state index is 13.5. The number of amides is 1. The molecule has 2 heterocycles. The first kappa shape index (κ1) is 23.5. The first-order chi connectivity index (χ1) is 16.5. The molecule has 0 spiro atoms. The van der Waals surface area contributed by atoms with E-state index in [2.05, 4.69) is 36.1 Å². The van der Waals surface area contributed by atoms with Crippen LogP contribution in [0.15, 0.2) is 53.7 Å². The molecule has 0 saturated heterocycles. The van der Waals surface area contributed by atoms with Gasteiger partial charge in [-0.15, -0.1) is 10.2 Å². The van der Waals surface area contributed by atoms with Crippen LogP contribution in [0.1, 0.15) is 35.8 Å². The van der Waals surface area contributed by atoms with E-state index < -0.39 is 5.25 Å². The molecule has 10 heteroatoms. The highest BCUT2D eigenvalue weighted by atomic mass is 32.2. The third-order valence-corrected chi connectivity index (χ3v) is 6.33. The molecule has 4 aromatic rings. The van der Waals surface area contributed by atoms with Gasteiger partial charge in [-0.3, -0.25) is 4.79 Å². The molecule has 3 N–H and O–H groups in total. The summed E-state index contributed by atoms with van der Waals surface area (Å²) in [4.78, 5) is 22.6. The Bertz CT molecular complexity index is 1290. The van der Waals surface area contributed by atoms with E-state index in [1.807, 2.05) is 76.2 Å². The number of rotatable bonds is 9. The van der Waals surface area contributed by atoms with E-state index in [1.54, 1.807) is 4.40 Å². The van der Waals surface area contributed by atoms with Crippen LogP contribution in [0.3, 0.4) is 0 Å². The van der Waals surface area contributed by atoms with Crippen LogP contribution in [0, 0.1) is 13.8 Å². The Hall–Kier alpha value is -3.66. The van der Waals surface area contributed by atoms with Gasteiger partial charge >= 0.3 is 0 Å². The van der Waals surface area contributed by atoms with Gasteiger partial charge in [0, 0.05) is 18.8 Å². The van der Waals surface area contributed by atoms with Gasteiger partial charge in [-0.1, -0.05) is 54.2 Å². The van der Waals surface area contributed by atoms with Crippen molar-refractivity contribution in [2.24, 2.45) is 0 Å². The van der Waals surface area contributed by atoms with E-state index in [0.717, 1.165) is 22.4 Å². The van der Waals surface area contributed by atoms with Gasteiger partial charge in [0.1, 0.15) is 5.25 Å². The van der Waals surface area contributed by atoms with Gasteiger partial charge in [0.2, 0.25) is 23.0 Å². The van der Waals surface area contributed by atoms with Gasteiger partial charge in [0.15, 0.2) is 0 Å². The molecule has 2 aromatic heterocycles. The lowest BCUT2D eigenvalue weighted by atomic mass is 10.1. The Morgan fingerprint density at radius 2 is 1.76 bits per heavy atom. The summed E-state index contributed by atoms with van der Waals surface area (Å²) in [6.07, 6.45) is 0. The van der Waals surface area contributed by atoms with Crippen molar-refractivity contribution in [1.82, 2.24) is 24.6 Å². The Labute approximate surface area is 202 Å². The summed E-state index contributed by atoms with van der Waals surface area (Å²) in [5.41, 5.74) is 3.74. The quantitative estimate of drug-likeness (QED) is 0.304. The minimum Gasteiger partial charge on any atom is -0.355 e. The molecule has 2 aromatic carbocycles. The summed E-state index contributed by atoms with van der Waals surface area (Å²) in [7, 11) is 0. The molecule has 0 saturated carbocycles. The fourth-order valence-electron chi connectivity index (χ4n) is 3.46. The third kappa shape index (κ3) is 5.12. The number of aryl methyl sites for hydroxylation is 2. The Morgan fingerprint density at radius 3 is 2.50 bits per heavy atom. The number of carbonyl (C=O) groups is 1. The zero-order valence-electron chi connectivity index (χ0n) is 19.7. The minimum atomic E-state index is -0.559. The van der Waals surface area contributed by atoms with Crippen LogP contribution in [-0.4, -0.2) is 43.6 Å². The first-order valence-electron chi connectivity index (χ1n) is 11.2. The molecule has 176 valence electrons. The fraction of sp³-hybridized carbons (Fsp3) is 0.292. The van der Waals surface area contributed by atoms with Gasteiger partial charge in [-0.25, -0.2) is 4.40 Å². The minimum absolute atomic E-state index is 0.142. The van der Waals surface area contributed by atoms with Crippen LogP contribution in [0.2, 0.25) is 0 Å². The van der Waals surface area contributed by atoms with E-state index >= 15 is 0 Å². The number of carbonyl (C=O) groups excluding carboxylic acids is 1. The van der Waals surface area contributed by atoms with E-state index in [0.29, 0.717) is 35.9 Å². The van der Waals surface area contributed by atoms with Crippen molar-refractivity contribution in [2.45, 2.75) is 38.1 Å². The maximum atomic E-state index is 13.5. The molecule has 1 atom stereocenters. The van der Waals surface area contributed by atoms with Crippen molar-refractivity contribution in [3.8, 4) is 0 Å². The topological polar surface area (TPSA) is 109 Å². The number of nitrogens with zero attached hydrogens (tertiary/aromatic N) is 5. The van der Waals surface area contributed by atoms with Gasteiger partial charge < -0.3 is 16.0 Å². The van der Waals surface area contributed by atoms with Crippen molar-refractivity contribution in [2.75, 3.05) is 29.0 Å². The van der Waals surface area contributed by atoms with Gasteiger partial charge in [0.25, 0.3) is 5.78 Å². The third-order valence-electron chi connectivity index (χ3n) is 5.13. The molecular formula is C24H28N8OS. The molecule has 34 heavy (non-hydrogen) atoms. The van der Waals surface area contributed by atoms with Crippen molar-refractivity contribution >= 4 is 41.0 Å². The molecule has 0 radical (unpaired) electrons. The van der Waals surface area contributed by atoms with Crippen molar-refractivity contribution in [3.05, 3.63) is 65.2 Å². The molecule has 0 aliphatic heterocycles. The molecule has 0 fully saturated rings. The second-order valence-electron chi connectivity index (χ2n) is 7.77. The normalized spacial score (nSPS) is 11.9. The average Bonchev–Trinajstić information content (AvgIpc) is 3.23. The van der Waals surface area contributed by atoms with Crippen LogP contribution in [-0.2, 0) is 4.79 Å². The van der Waals surface area contributed by atoms with Crippen LogP contribution in [0.4, 0.5) is 17.6 Å². The highest BCUT2D eigenvalue weighted by Gasteiger charge is 2.26. The molecule has 0 bridgehead atoms. The number of thioether (sulfide) groups is 1. The zero-order chi connectivity index (χ0) is 24.1. The summed E-state index contributed by atoms with van der Waals surface area (Å²) in [5.74, 6) is 1.31. The molecule has 1 amide bonds. The Kier molecular flexibility index (Phi) is 7.27. The highest BCUT2D eigenvalue weighted by molar-refractivity contribution is 8.00. The second-order valence-corrected chi connectivity index (χ2v) is 8.84. The fourth-order valence-corrected chi connectivity index (χ4v) is 4.49. The van der Waals surface area contributed by atoms with Gasteiger partial charge in [0.05, 0.1) is 0 Å². The van der Waals surface area contributed by atoms with Crippen LogP contribution >= 0.6 is 11.8 Å². The average molecular weight is 477 g/mol. The van der Waals surface area contributed by atoms with E-state index in [4.69, 9.17) is 0 Å². The summed E-state index contributed by atoms with van der Waals surface area (Å²) >= 11 is 1.31. The summed E-state index contributed by atoms with van der Waals surface area (Å²) in [6.45, 7) is 9.30. The predicted molar refractivity (Wildman–Crippen MR) is 136 cm³/mol. The van der Waals surface area contributed by atoms with E-state index in [-0.39, 0.29) is 5.91 Å². The molecule has 0 aliphatic rings. The number of nitrogens with one attached hydrogen (secondary N) is 3. The number of aromatic nitrogens is 5. The monoisotopic (exact) mass is 476 g/mol. The van der Waals surface area contributed by atoms with Crippen LogP contribution in [0.25, 0.3) is 5.78 Å². The SMILES string of the molecule is CCNc1nc(NCC)n2c(S[C@H](C(=O)Nc3cc(C)ccc3C)c3ccccc3)nnc2n1. The molecule has 0 unspecified atom stereocenters.